The smallest absolute Gasteiger partial charge is 0.335 e. The Morgan fingerprint density at radius 1 is 0.867 bits per heavy atom. The van der Waals surface area contributed by atoms with E-state index in [-0.39, 0.29) is 49.5 Å². The van der Waals surface area contributed by atoms with Crippen molar-refractivity contribution in [1.82, 2.24) is 9.80 Å². The van der Waals surface area contributed by atoms with Gasteiger partial charge in [0.05, 0.1) is 5.56 Å². The predicted octanol–water partition coefficient (Wildman–Crippen LogP) is 3.90. The van der Waals surface area contributed by atoms with E-state index in [0.29, 0.717) is 11.3 Å². The summed E-state index contributed by atoms with van der Waals surface area (Å²) in [5, 5.41) is 2.73. The summed E-state index contributed by atoms with van der Waals surface area (Å²) >= 11 is 0. The van der Waals surface area contributed by atoms with E-state index < -0.39 is 11.7 Å². The lowest BCUT2D eigenvalue weighted by atomic mass is 10.1. The maximum atomic E-state index is 12.7. The minimum atomic E-state index is -4.45. The van der Waals surface area contributed by atoms with E-state index in [0.717, 1.165) is 24.3 Å². The van der Waals surface area contributed by atoms with Crippen LogP contribution in [0.3, 0.4) is 0 Å². The molecule has 30 heavy (non-hydrogen) atoms. The number of carbonyl (C=O) groups is 3. The van der Waals surface area contributed by atoms with Crippen LogP contribution in [-0.2, 0) is 6.18 Å². The Hall–Kier alpha value is -3.36. The lowest BCUT2D eigenvalue weighted by molar-refractivity contribution is -0.137. The zero-order valence-electron chi connectivity index (χ0n) is 16.2. The van der Waals surface area contributed by atoms with Crippen LogP contribution in [0.25, 0.3) is 0 Å². The van der Waals surface area contributed by atoms with Gasteiger partial charge in [-0.15, -0.1) is 0 Å². The number of anilines is 1. The van der Waals surface area contributed by atoms with E-state index in [1.54, 1.807) is 24.3 Å². The fraction of sp³-hybridized carbons (Fsp3) is 0.286. The SMILES string of the molecule is CC(=O)c1cccc(NC(=O)N2CCN(C(=O)c3ccc(C(F)(F)F)cc3)CC2)c1. The molecule has 0 spiro atoms. The van der Waals surface area contributed by atoms with Crippen molar-refractivity contribution in [1.29, 1.82) is 0 Å². The van der Waals surface area contributed by atoms with Crippen LogP contribution in [0.1, 0.15) is 33.2 Å². The predicted molar refractivity (Wildman–Crippen MR) is 104 cm³/mol. The van der Waals surface area contributed by atoms with Crippen molar-refractivity contribution >= 4 is 23.4 Å². The fourth-order valence-corrected chi connectivity index (χ4v) is 3.12. The number of amides is 3. The summed E-state index contributed by atoms with van der Waals surface area (Å²) in [5.41, 5.74) is 0.340. The third-order valence-electron chi connectivity index (χ3n) is 4.83. The van der Waals surface area contributed by atoms with Gasteiger partial charge in [-0.25, -0.2) is 4.79 Å². The van der Waals surface area contributed by atoms with E-state index in [4.69, 9.17) is 0 Å². The van der Waals surface area contributed by atoms with Gasteiger partial charge in [-0.1, -0.05) is 12.1 Å². The monoisotopic (exact) mass is 419 g/mol. The van der Waals surface area contributed by atoms with Crippen molar-refractivity contribution in [2.75, 3.05) is 31.5 Å². The van der Waals surface area contributed by atoms with E-state index in [1.165, 1.54) is 16.7 Å². The molecule has 1 aliphatic rings. The van der Waals surface area contributed by atoms with Crippen molar-refractivity contribution in [3.8, 4) is 0 Å². The van der Waals surface area contributed by atoms with Gasteiger partial charge in [0.2, 0.25) is 0 Å². The van der Waals surface area contributed by atoms with Crippen LogP contribution in [0.2, 0.25) is 0 Å². The van der Waals surface area contributed by atoms with Crippen molar-refractivity contribution in [3.63, 3.8) is 0 Å². The summed E-state index contributed by atoms with van der Waals surface area (Å²) in [7, 11) is 0. The van der Waals surface area contributed by atoms with E-state index in [1.807, 2.05) is 0 Å². The van der Waals surface area contributed by atoms with Crippen molar-refractivity contribution in [3.05, 3.63) is 65.2 Å². The van der Waals surface area contributed by atoms with Gasteiger partial charge in [-0.3, -0.25) is 9.59 Å². The first kappa shape index (κ1) is 21.4. The summed E-state index contributed by atoms with van der Waals surface area (Å²) in [6.45, 7) is 2.53. The zero-order chi connectivity index (χ0) is 21.9. The molecule has 3 rings (SSSR count). The molecule has 1 N–H and O–H groups in total. The Morgan fingerprint density at radius 2 is 1.47 bits per heavy atom. The third-order valence-corrected chi connectivity index (χ3v) is 4.83. The topological polar surface area (TPSA) is 69.7 Å². The number of nitrogens with zero attached hydrogens (tertiary/aromatic N) is 2. The quantitative estimate of drug-likeness (QED) is 0.768. The molecule has 0 atom stereocenters. The van der Waals surface area contributed by atoms with Crippen LogP contribution < -0.4 is 5.32 Å². The van der Waals surface area contributed by atoms with Gasteiger partial charge in [0.25, 0.3) is 5.91 Å². The first-order chi connectivity index (χ1) is 14.1. The van der Waals surface area contributed by atoms with Crippen LogP contribution >= 0.6 is 0 Å². The average molecular weight is 419 g/mol. The average Bonchev–Trinajstić information content (AvgIpc) is 2.73. The number of urea groups is 1. The summed E-state index contributed by atoms with van der Waals surface area (Å²) in [5.74, 6) is -0.487. The molecular formula is C21H20F3N3O3. The van der Waals surface area contributed by atoms with Crippen LogP contribution in [0.5, 0.6) is 0 Å². The van der Waals surface area contributed by atoms with Gasteiger partial charge in [0.1, 0.15) is 0 Å². The lowest BCUT2D eigenvalue weighted by Gasteiger charge is -2.34. The minimum Gasteiger partial charge on any atom is -0.335 e. The number of Topliss-reactive ketones (excluding diaryl/α,β-unsaturated/α-hetero) is 1. The van der Waals surface area contributed by atoms with Crippen molar-refractivity contribution in [2.24, 2.45) is 0 Å². The molecule has 0 aromatic heterocycles. The van der Waals surface area contributed by atoms with E-state index in [9.17, 15) is 27.6 Å². The number of rotatable bonds is 3. The number of piperazine rings is 1. The number of ketones is 1. The number of halogens is 3. The van der Waals surface area contributed by atoms with Gasteiger partial charge in [-0.2, -0.15) is 13.2 Å². The largest absolute Gasteiger partial charge is 0.416 e. The first-order valence-electron chi connectivity index (χ1n) is 9.28. The molecule has 3 amide bonds. The number of carbonyl (C=O) groups excluding carboxylic acids is 3. The molecule has 0 bridgehead atoms. The second-order valence-electron chi connectivity index (χ2n) is 6.92. The van der Waals surface area contributed by atoms with Gasteiger partial charge in [0, 0.05) is 43.0 Å². The number of benzene rings is 2. The summed E-state index contributed by atoms with van der Waals surface area (Å²) in [6, 6.07) is 10.3. The van der Waals surface area contributed by atoms with Crippen LogP contribution in [0.15, 0.2) is 48.5 Å². The Labute approximate surface area is 171 Å². The number of nitrogens with one attached hydrogen (secondary N) is 1. The molecule has 9 heteroatoms. The van der Waals surface area contributed by atoms with Gasteiger partial charge in [-0.05, 0) is 43.3 Å². The molecule has 1 fully saturated rings. The summed E-state index contributed by atoms with van der Waals surface area (Å²) in [4.78, 5) is 39.5. The van der Waals surface area contributed by atoms with Gasteiger partial charge < -0.3 is 15.1 Å². The molecule has 1 saturated heterocycles. The molecule has 0 radical (unpaired) electrons. The molecule has 1 heterocycles. The van der Waals surface area contributed by atoms with Crippen LogP contribution in [-0.4, -0.2) is 53.7 Å². The highest BCUT2D eigenvalue weighted by atomic mass is 19.4. The summed E-state index contributed by atoms with van der Waals surface area (Å²) in [6.07, 6.45) is -4.45. The van der Waals surface area contributed by atoms with Crippen LogP contribution in [0.4, 0.5) is 23.7 Å². The maximum absolute atomic E-state index is 12.7. The second-order valence-corrected chi connectivity index (χ2v) is 6.92. The molecule has 0 aliphatic carbocycles. The number of hydrogen-bond acceptors (Lipinski definition) is 3. The van der Waals surface area contributed by atoms with Gasteiger partial charge >= 0.3 is 12.2 Å². The third kappa shape index (κ3) is 4.97. The lowest BCUT2D eigenvalue weighted by Crippen LogP contribution is -2.51. The standard InChI is InChI=1S/C21H20F3N3O3/c1-14(28)16-3-2-4-18(13-16)25-20(30)27-11-9-26(10-12-27)19(29)15-5-7-17(8-6-15)21(22,23)24/h2-8,13H,9-12H2,1H3,(H,25,30). The highest BCUT2D eigenvalue weighted by Gasteiger charge is 2.31. The molecule has 2 aromatic rings. The normalized spacial score (nSPS) is 14.4. The molecule has 0 saturated carbocycles. The Morgan fingerprint density at radius 3 is 2.03 bits per heavy atom. The van der Waals surface area contributed by atoms with Crippen molar-refractivity contribution < 1.29 is 27.6 Å². The number of alkyl halides is 3. The van der Waals surface area contributed by atoms with E-state index >= 15 is 0 Å². The number of hydrogen-bond donors (Lipinski definition) is 1. The molecule has 1 aliphatic heterocycles. The summed E-state index contributed by atoms with van der Waals surface area (Å²) < 4.78 is 38.0. The Kier molecular flexibility index (Phi) is 6.09. The van der Waals surface area contributed by atoms with Crippen LogP contribution in [0, 0.1) is 0 Å². The Balaban J connectivity index is 1.56. The first-order valence-corrected chi connectivity index (χ1v) is 9.28. The molecule has 0 unspecified atom stereocenters. The molecular weight excluding hydrogens is 399 g/mol. The zero-order valence-corrected chi connectivity index (χ0v) is 16.2. The highest BCUT2D eigenvalue weighted by molar-refractivity contribution is 5.97. The van der Waals surface area contributed by atoms with Crippen molar-refractivity contribution in [2.45, 2.75) is 13.1 Å². The highest BCUT2D eigenvalue weighted by Crippen LogP contribution is 2.29. The Bertz CT molecular complexity index is 950. The molecule has 2 aromatic carbocycles. The molecule has 6 nitrogen and oxygen atoms in total. The molecule has 158 valence electrons. The fourth-order valence-electron chi connectivity index (χ4n) is 3.12. The maximum Gasteiger partial charge on any atom is 0.416 e. The van der Waals surface area contributed by atoms with Gasteiger partial charge in [0.15, 0.2) is 5.78 Å². The van der Waals surface area contributed by atoms with E-state index in [2.05, 4.69) is 5.32 Å². The second kappa shape index (κ2) is 8.56. The minimum absolute atomic E-state index is 0.110.